The van der Waals surface area contributed by atoms with E-state index in [2.05, 4.69) is 0 Å². The molecule has 1 saturated heterocycles. The van der Waals surface area contributed by atoms with Crippen LogP contribution in [0.5, 0.6) is 0 Å². The molecular formula is C12H14Cl2N2O. The van der Waals surface area contributed by atoms with Gasteiger partial charge < -0.3 is 10.6 Å². The summed E-state index contributed by atoms with van der Waals surface area (Å²) in [5, 5.41) is 0.625. The highest BCUT2D eigenvalue weighted by Gasteiger charge is 2.26. The lowest BCUT2D eigenvalue weighted by Gasteiger charge is -2.21. The van der Waals surface area contributed by atoms with Crippen LogP contribution in [-0.2, 0) is 0 Å². The highest BCUT2D eigenvalue weighted by molar-refractivity contribution is 6.43. The van der Waals surface area contributed by atoms with E-state index in [1.54, 1.807) is 12.1 Å². The summed E-state index contributed by atoms with van der Waals surface area (Å²) >= 11 is 11.8. The van der Waals surface area contributed by atoms with Crippen LogP contribution in [0.4, 0.5) is 5.69 Å². The third-order valence-corrected chi connectivity index (χ3v) is 3.93. The van der Waals surface area contributed by atoms with Gasteiger partial charge in [0, 0.05) is 18.2 Å². The molecule has 1 aliphatic heterocycles. The van der Waals surface area contributed by atoms with Crippen LogP contribution in [0.1, 0.15) is 30.1 Å². The molecule has 0 aromatic heterocycles. The van der Waals surface area contributed by atoms with Crippen LogP contribution in [0, 0.1) is 0 Å². The summed E-state index contributed by atoms with van der Waals surface area (Å²) in [6.07, 6.45) is 2.09. The highest BCUT2D eigenvalue weighted by atomic mass is 35.5. The number of hydrogen-bond donors (Lipinski definition) is 1. The van der Waals surface area contributed by atoms with Gasteiger partial charge in [-0.1, -0.05) is 23.2 Å². The predicted octanol–water partition coefficient (Wildman–Crippen LogP) is 3.20. The number of nitrogens with two attached hydrogens (primary N) is 1. The monoisotopic (exact) mass is 272 g/mol. The minimum Gasteiger partial charge on any atom is -0.397 e. The zero-order valence-electron chi connectivity index (χ0n) is 9.54. The lowest BCUT2D eigenvalue weighted by molar-refractivity contribution is 0.0747. The molecule has 1 heterocycles. The lowest BCUT2D eigenvalue weighted by atomic mass is 10.1. The van der Waals surface area contributed by atoms with E-state index in [-0.39, 0.29) is 11.9 Å². The third kappa shape index (κ3) is 2.35. The summed E-state index contributed by atoms with van der Waals surface area (Å²) in [4.78, 5) is 14.1. The van der Waals surface area contributed by atoms with Gasteiger partial charge in [0.05, 0.1) is 15.7 Å². The largest absolute Gasteiger partial charge is 0.397 e. The molecule has 1 fully saturated rings. The zero-order valence-corrected chi connectivity index (χ0v) is 11.1. The van der Waals surface area contributed by atoms with Gasteiger partial charge in [0.2, 0.25) is 0 Å². The standard InChI is InChI=1S/C12H14Cl2N2O/c1-7-3-2-4-16(7)12(17)8-5-9(13)11(14)10(15)6-8/h5-7H,2-4,15H2,1H3. The second-order valence-corrected chi connectivity index (χ2v) is 5.14. The van der Waals surface area contributed by atoms with Crippen molar-refractivity contribution in [3.05, 3.63) is 27.7 Å². The Bertz CT molecular complexity index is 439. The molecule has 17 heavy (non-hydrogen) atoms. The Labute approximate surface area is 110 Å². The number of hydrogen-bond acceptors (Lipinski definition) is 2. The van der Waals surface area contributed by atoms with Crippen molar-refractivity contribution in [1.82, 2.24) is 4.90 Å². The van der Waals surface area contributed by atoms with Gasteiger partial charge in [0.25, 0.3) is 5.91 Å². The molecule has 0 aliphatic carbocycles. The summed E-state index contributed by atoms with van der Waals surface area (Å²) in [6, 6.07) is 3.44. The van der Waals surface area contributed by atoms with Crippen LogP contribution < -0.4 is 5.73 Å². The molecule has 92 valence electrons. The van der Waals surface area contributed by atoms with Gasteiger partial charge in [-0.25, -0.2) is 0 Å². The summed E-state index contributed by atoms with van der Waals surface area (Å²) < 4.78 is 0. The lowest BCUT2D eigenvalue weighted by Crippen LogP contribution is -2.33. The van der Waals surface area contributed by atoms with E-state index < -0.39 is 0 Å². The second kappa shape index (κ2) is 4.75. The minimum atomic E-state index is -0.0275. The first-order chi connectivity index (χ1) is 8.00. The van der Waals surface area contributed by atoms with Crippen molar-refractivity contribution in [2.24, 2.45) is 0 Å². The van der Waals surface area contributed by atoms with Crippen LogP contribution in [-0.4, -0.2) is 23.4 Å². The topological polar surface area (TPSA) is 46.3 Å². The molecule has 0 saturated carbocycles. The van der Waals surface area contributed by atoms with Crippen molar-refractivity contribution < 1.29 is 4.79 Å². The smallest absolute Gasteiger partial charge is 0.254 e. The molecule has 2 rings (SSSR count). The molecule has 1 amide bonds. The normalized spacial score (nSPS) is 19.7. The molecule has 1 aromatic rings. The molecule has 2 N–H and O–H groups in total. The molecular weight excluding hydrogens is 259 g/mol. The van der Waals surface area contributed by atoms with Crippen molar-refractivity contribution in [3.63, 3.8) is 0 Å². The molecule has 1 unspecified atom stereocenters. The Kier molecular flexibility index (Phi) is 3.50. The molecule has 1 atom stereocenters. The van der Waals surface area contributed by atoms with Crippen LogP contribution in [0.25, 0.3) is 0 Å². The first-order valence-corrected chi connectivity index (χ1v) is 6.32. The average molecular weight is 273 g/mol. The van der Waals surface area contributed by atoms with Gasteiger partial charge in [-0.3, -0.25) is 4.79 Å². The number of nitrogen functional groups attached to an aromatic ring is 1. The van der Waals surface area contributed by atoms with Crippen molar-refractivity contribution in [3.8, 4) is 0 Å². The first kappa shape index (κ1) is 12.5. The summed E-state index contributed by atoms with van der Waals surface area (Å²) in [7, 11) is 0. The number of rotatable bonds is 1. The number of halogens is 2. The quantitative estimate of drug-likeness (QED) is 0.799. The van der Waals surface area contributed by atoms with E-state index in [1.165, 1.54) is 0 Å². The molecule has 1 aliphatic rings. The predicted molar refractivity (Wildman–Crippen MR) is 70.6 cm³/mol. The maximum absolute atomic E-state index is 12.2. The number of benzene rings is 1. The fourth-order valence-electron chi connectivity index (χ4n) is 2.13. The van der Waals surface area contributed by atoms with Gasteiger partial charge in [0.1, 0.15) is 0 Å². The number of anilines is 1. The van der Waals surface area contributed by atoms with Crippen molar-refractivity contribution in [2.75, 3.05) is 12.3 Å². The van der Waals surface area contributed by atoms with Crippen LogP contribution >= 0.6 is 23.2 Å². The Balaban J connectivity index is 2.31. The first-order valence-electron chi connectivity index (χ1n) is 5.56. The number of amides is 1. The van der Waals surface area contributed by atoms with E-state index in [4.69, 9.17) is 28.9 Å². The fraction of sp³-hybridized carbons (Fsp3) is 0.417. The Morgan fingerprint density at radius 3 is 2.71 bits per heavy atom. The maximum atomic E-state index is 12.2. The van der Waals surface area contributed by atoms with Gasteiger partial charge in [-0.15, -0.1) is 0 Å². The van der Waals surface area contributed by atoms with E-state index in [1.807, 2.05) is 11.8 Å². The van der Waals surface area contributed by atoms with Crippen molar-refractivity contribution in [1.29, 1.82) is 0 Å². The molecule has 0 spiro atoms. The molecule has 3 nitrogen and oxygen atoms in total. The van der Waals surface area contributed by atoms with Crippen molar-refractivity contribution >= 4 is 34.8 Å². The van der Waals surface area contributed by atoms with E-state index in [9.17, 15) is 4.79 Å². The number of nitrogens with zero attached hydrogens (tertiary/aromatic N) is 1. The summed E-state index contributed by atoms with van der Waals surface area (Å²) in [5.74, 6) is -0.0275. The second-order valence-electron chi connectivity index (χ2n) is 4.35. The van der Waals surface area contributed by atoms with E-state index in [0.29, 0.717) is 21.3 Å². The fourth-order valence-corrected chi connectivity index (χ4v) is 2.47. The van der Waals surface area contributed by atoms with E-state index >= 15 is 0 Å². The molecule has 0 bridgehead atoms. The number of likely N-dealkylation sites (tertiary alicyclic amines) is 1. The molecule has 0 radical (unpaired) electrons. The zero-order chi connectivity index (χ0) is 12.6. The van der Waals surface area contributed by atoms with Crippen LogP contribution in [0.3, 0.4) is 0 Å². The summed E-state index contributed by atoms with van der Waals surface area (Å²) in [5.41, 5.74) is 6.55. The van der Waals surface area contributed by atoms with Gasteiger partial charge in [-0.2, -0.15) is 0 Å². The third-order valence-electron chi connectivity index (χ3n) is 3.12. The molecule has 5 heteroatoms. The van der Waals surface area contributed by atoms with Crippen molar-refractivity contribution in [2.45, 2.75) is 25.8 Å². The summed E-state index contributed by atoms with van der Waals surface area (Å²) in [6.45, 7) is 2.84. The number of carbonyl (C=O) groups is 1. The van der Waals surface area contributed by atoms with Crippen LogP contribution in [0.15, 0.2) is 12.1 Å². The highest BCUT2D eigenvalue weighted by Crippen LogP contribution is 2.30. The van der Waals surface area contributed by atoms with Gasteiger partial charge >= 0.3 is 0 Å². The average Bonchev–Trinajstić information content (AvgIpc) is 2.70. The maximum Gasteiger partial charge on any atom is 0.254 e. The Hall–Kier alpha value is -0.930. The minimum absolute atomic E-state index is 0.0275. The SMILES string of the molecule is CC1CCCN1C(=O)c1cc(N)c(Cl)c(Cl)c1. The Morgan fingerprint density at radius 2 is 2.18 bits per heavy atom. The van der Waals surface area contributed by atoms with E-state index in [0.717, 1.165) is 19.4 Å². The van der Waals surface area contributed by atoms with Gasteiger partial charge in [-0.05, 0) is 31.9 Å². The van der Waals surface area contributed by atoms with Gasteiger partial charge in [0.15, 0.2) is 0 Å². The number of carbonyl (C=O) groups excluding carboxylic acids is 1. The Morgan fingerprint density at radius 1 is 1.47 bits per heavy atom. The van der Waals surface area contributed by atoms with Crippen LogP contribution in [0.2, 0.25) is 10.0 Å². The molecule has 1 aromatic carbocycles.